The average molecular weight is 354 g/mol. The minimum Gasteiger partial charge on any atom is -0.207 e. The molecule has 5 nitrogen and oxygen atoms in total. The maximum Gasteiger partial charge on any atom is 0.261 e. The van der Waals surface area contributed by atoms with Crippen molar-refractivity contribution in [1.29, 1.82) is 0 Å². The molecule has 0 saturated carbocycles. The van der Waals surface area contributed by atoms with Crippen molar-refractivity contribution in [3.63, 3.8) is 0 Å². The molecule has 9 heteroatoms. The van der Waals surface area contributed by atoms with Gasteiger partial charge in [-0.25, -0.2) is 25.9 Å². The Bertz CT molecular complexity index is 769. The number of halogens is 2. The summed E-state index contributed by atoms with van der Waals surface area (Å²) >= 11 is 0. The highest BCUT2D eigenvalue weighted by Gasteiger charge is 2.24. The van der Waals surface area contributed by atoms with Crippen LogP contribution in [0.1, 0.15) is 19.8 Å². The first-order valence-corrected chi connectivity index (χ1v) is 9.61. The molecule has 1 N–H and O–H groups in total. The van der Waals surface area contributed by atoms with E-state index in [4.69, 9.17) is 17.1 Å². The molecule has 0 fully saturated rings. The van der Waals surface area contributed by atoms with Crippen LogP contribution in [0.15, 0.2) is 28.0 Å². The van der Waals surface area contributed by atoms with Crippen LogP contribution < -0.4 is 4.72 Å². The first-order valence-electron chi connectivity index (χ1n) is 5.81. The Morgan fingerprint density at radius 1 is 1.38 bits per heavy atom. The third-order valence-corrected chi connectivity index (χ3v) is 5.56. The van der Waals surface area contributed by atoms with Crippen LogP contribution >= 0.6 is 10.7 Å². The van der Waals surface area contributed by atoms with Gasteiger partial charge < -0.3 is 0 Å². The van der Waals surface area contributed by atoms with E-state index in [2.05, 4.69) is 10.6 Å². The van der Waals surface area contributed by atoms with E-state index in [9.17, 15) is 21.2 Å². The Kier molecular flexibility index (Phi) is 5.75. The van der Waals surface area contributed by atoms with E-state index in [0.717, 1.165) is 12.1 Å². The first-order chi connectivity index (χ1) is 9.61. The lowest BCUT2D eigenvalue weighted by atomic mass is 10.2. The van der Waals surface area contributed by atoms with Crippen LogP contribution in [0.25, 0.3) is 0 Å². The van der Waals surface area contributed by atoms with Gasteiger partial charge in [0.25, 0.3) is 9.05 Å². The number of hydrogen-bond donors (Lipinski definition) is 1. The second-order valence-corrected chi connectivity index (χ2v) is 8.41. The number of benzene rings is 1. The zero-order valence-corrected chi connectivity index (χ0v) is 13.4. The normalized spacial score (nSPS) is 13.6. The molecule has 1 unspecified atom stereocenters. The number of hydrogen-bond acceptors (Lipinski definition) is 4. The number of sulfonamides is 1. The summed E-state index contributed by atoms with van der Waals surface area (Å²) in [6.45, 7) is 1.73. The zero-order chi connectivity index (χ0) is 16.3. The molecule has 0 bridgehead atoms. The Morgan fingerprint density at radius 2 is 2.00 bits per heavy atom. The van der Waals surface area contributed by atoms with E-state index in [1.807, 2.05) is 0 Å². The summed E-state index contributed by atoms with van der Waals surface area (Å²) in [7, 11) is -3.22. The maximum absolute atomic E-state index is 13.8. The van der Waals surface area contributed by atoms with Crippen LogP contribution in [0, 0.1) is 18.2 Å². The highest BCUT2D eigenvalue weighted by atomic mass is 35.7. The predicted molar refractivity (Wildman–Crippen MR) is 77.3 cm³/mol. The SMILES string of the molecule is C#CCC(CC)NS(=O)(=O)c1ccc(S(=O)(=O)Cl)cc1F. The van der Waals surface area contributed by atoms with Crippen molar-refractivity contribution in [2.24, 2.45) is 0 Å². The minimum absolute atomic E-state index is 0.158. The van der Waals surface area contributed by atoms with Gasteiger partial charge in [-0.15, -0.1) is 12.3 Å². The third-order valence-electron chi connectivity index (χ3n) is 2.65. The van der Waals surface area contributed by atoms with E-state index < -0.39 is 40.7 Å². The second-order valence-electron chi connectivity index (χ2n) is 4.16. The van der Waals surface area contributed by atoms with Crippen molar-refractivity contribution in [3.05, 3.63) is 24.0 Å². The van der Waals surface area contributed by atoms with E-state index in [0.29, 0.717) is 12.5 Å². The molecule has 0 aliphatic heterocycles. The number of nitrogens with one attached hydrogen (secondary N) is 1. The molecule has 1 aromatic rings. The zero-order valence-electron chi connectivity index (χ0n) is 11.0. The van der Waals surface area contributed by atoms with Crippen molar-refractivity contribution < 1.29 is 21.2 Å². The third kappa shape index (κ3) is 4.68. The van der Waals surface area contributed by atoms with Gasteiger partial charge in [0.05, 0.1) is 4.90 Å². The summed E-state index contributed by atoms with van der Waals surface area (Å²) in [4.78, 5) is -1.18. The summed E-state index contributed by atoms with van der Waals surface area (Å²) < 4.78 is 62.3. The van der Waals surface area contributed by atoms with Crippen LogP contribution in [0.2, 0.25) is 0 Å². The van der Waals surface area contributed by atoms with E-state index in [1.165, 1.54) is 0 Å². The van der Waals surface area contributed by atoms with E-state index >= 15 is 0 Å². The van der Waals surface area contributed by atoms with Gasteiger partial charge in [0.15, 0.2) is 0 Å². The summed E-state index contributed by atoms with van der Waals surface area (Å²) in [6.07, 6.45) is 5.71. The van der Waals surface area contributed by atoms with Gasteiger partial charge in [-0.1, -0.05) is 6.92 Å². The Labute approximate surface area is 128 Å². The molecular weight excluding hydrogens is 341 g/mol. The molecular formula is C12H13ClFNO4S2. The molecule has 0 aliphatic rings. The molecule has 0 radical (unpaired) electrons. The van der Waals surface area contributed by atoms with Crippen molar-refractivity contribution in [1.82, 2.24) is 4.72 Å². The molecule has 0 saturated heterocycles. The lowest BCUT2D eigenvalue weighted by Crippen LogP contribution is -2.34. The topological polar surface area (TPSA) is 80.3 Å². The molecule has 0 spiro atoms. The Morgan fingerprint density at radius 3 is 2.43 bits per heavy atom. The highest BCUT2D eigenvalue weighted by molar-refractivity contribution is 8.13. The number of rotatable bonds is 6. The summed E-state index contributed by atoms with van der Waals surface area (Å²) in [5, 5.41) is 0. The second kappa shape index (κ2) is 6.75. The maximum atomic E-state index is 13.8. The lowest BCUT2D eigenvalue weighted by Gasteiger charge is -2.15. The molecule has 0 aromatic heterocycles. The smallest absolute Gasteiger partial charge is 0.207 e. The van der Waals surface area contributed by atoms with Gasteiger partial charge in [-0.2, -0.15) is 0 Å². The van der Waals surface area contributed by atoms with E-state index in [-0.39, 0.29) is 6.42 Å². The fourth-order valence-electron chi connectivity index (χ4n) is 1.55. The molecule has 0 aliphatic carbocycles. The van der Waals surface area contributed by atoms with Gasteiger partial charge in [0.1, 0.15) is 10.7 Å². The van der Waals surface area contributed by atoms with Crippen molar-refractivity contribution in [2.45, 2.75) is 35.6 Å². The Balaban J connectivity index is 3.19. The Hall–Kier alpha value is -1.14. The fraction of sp³-hybridized carbons (Fsp3) is 0.333. The predicted octanol–water partition coefficient (Wildman–Crippen LogP) is 1.83. The van der Waals surface area contributed by atoms with Crippen LogP contribution in [0.4, 0.5) is 4.39 Å². The van der Waals surface area contributed by atoms with Crippen LogP contribution in [0.5, 0.6) is 0 Å². The fourth-order valence-corrected chi connectivity index (χ4v) is 3.69. The first kappa shape index (κ1) is 17.9. The lowest BCUT2D eigenvalue weighted by molar-refractivity contribution is 0.529. The van der Waals surface area contributed by atoms with Crippen molar-refractivity contribution in [3.8, 4) is 12.3 Å². The van der Waals surface area contributed by atoms with Gasteiger partial charge in [0.2, 0.25) is 10.0 Å². The molecule has 1 rings (SSSR count). The minimum atomic E-state index is -4.15. The quantitative estimate of drug-likeness (QED) is 0.625. The summed E-state index contributed by atoms with van der Waals surface area (Å²) in [5.41, 5.74) is 0. The standard InChI is InChI=1S/C12H13ClFNO4S2/c1-3-5-9(4-2)15-21(18,19)12-7-6-10(8-11(12)14)20(13,16)17/h1,6-9,15H,4-5H2,2H3. The highest BCUT2D eigenvalue weighted by Crippen LogP contribution is 2.21. The molecule has 0 amide bonds. The number of terminal acetylenes is 1. The van der Waals surface area contributed by atoms with Crippen LogP contribution in [0.3, 0.4) is 0 Å². The van der Waals surface area contributed by atoms with Crippen molar-refractivity contribution in [2.75, 3.05) is 0 Å². The van der Waals surface area contributed by atoms with Gasteiger partial charge >= 0.3 is 0 Å². The molecule has 0 heterocycles. The van der Waals surface area contributed by atoms with Gasteiger partial charge in [-0.3, -0.25) is 0 Å². The van der Waals surface area contributed by atoms with Crippen LogP contribution in [-0.2, 0) is 19.1 Å². The summed E-state index contributed by atoms with van der Waals surface area (Å²) in [6, 6.07) is 1.78. The summed E-state index contributed by atoms with van der Waals surface area (Å²) in [5.74, 6) is 1.11. The van der Waals surface area contributed by atoms with Crippen molar-refractivity contribution >= 4 is 29.8 Å². The molecule has 21 heavy (non-hydrogen) atoms. The monoisotopic (exact) mass is 353 g/mol. The van der Waals surface area contributed by atoms with E-state index in [1.54, 1.807) is 6.92 Å². The van der Waals surface area contributed by atoms with Crippen LogP contribution in [-0.4, -0.2) is 22.9 Å². The van der Waals surface area contributed by atoms with Gasteiger partial charge in [0, 0.05) is 23.1 Å². The van der Waals surface area contributed by atoms with Gasteiger partial charge in [-0.05, 0) is 24.6 Å². The molecule has 116 valence electrons. The molecule has 1 atom stereocenters. The largest absolute Gasteiger partial charge is 0.261 e. The molecule has 1 aromatic carbocycles. The average Bonchev–Trinajstić information content (AvgIpc) is 2.36.